The summed E-state index contributed by atoms with van der Waals surface area (Å²) in [5, 5.41) is 0. The molecule has 0 amide bonds. The summed E-state index contributed by atoms with van der Waals surface area (Å²) >= 11 is 4.09. The van der Waals surface area contributed by atoms with Crippen molar-refractivity contribution in [3.05, 3.63) is 0 Å². The van der Waals surface area contributed by atoms with E-state index in [1.165, 1.54) is 25.7 Å². The van der Waals surface area contributed by atoms with Crippen LogP contribution in [0.1, 0.15) is 32.6 Å². The summed E-state index contributed by atoms with van der Waals surface area (Å²) in [6, 6.07) is 0. The molecule has 0 aromatic heterocycles. The Labute approximate surface area is 63.9 Å². The molecule has 0 rings (SSSR count). The fourth-order valence-electron chi connectivity index (χ4n) is 0.539. The Hall–Kier alpha value is 0.640. The molecule has 0 bridgehead atoms. The second kappa shape index (κ2) is 10.6. The van der Waals surface area contributed by atoms with Crippen LogP contribution >= 0.6 is 25.0 Å². The third-order valence-corrected chi connectivity index (χ3v) is 1.33. The molecule has 0 aliphatic heterocycles. The van der Waals surface area contributed by atoms with Crippen molar-refractivity contribution in [1.29, 1.82) is 0 Å². The Morgan fingerprint density at radius 1 is 1.12 bits per heavy atom. The van der Waals surface area contributed by atoms with E-state index < -0.39 is 0 Å². The van der Waals surface area contributed by atoms with Crippen LogP contribution in [0.4, 0.5) is 0 Å². The maximum Gasteiger partial charge on any atom is -0.00979 e. The molecule has 0 saturated carbocycles. The average molecular weight is 155 g/mol. The lowest BCUT2D eigenvalue weighted by molar-refractivity contribution is 0.707. The second-order valence-electron chi connectivity index (χ2n) is 1.78. The smallest absolute Gasteiger partial charge is 0.00979 e. The Balaban J connectivity index is 0. The van der Waals surface area contributed by atoms with Gasteiger partial charge in [0.25, 0.3) is 0 Å². The zero-order chi connectivity index (χ0) is 5.54. The number of rotatable bonds is 4. The lowest BCUT2D eigenvalue weighted by atomic mass is 10.2. The minimum absolute atomic E-state index is 0. The fourth-order valence-corrected chi connectivity index (χ4v) is 0.762. The molecule has 0 spiro atoms. The monoisotopic (exact) mass is 154 g/mol. The van der Waals surface area contributed by atoms with E-state index in [1.807, 2.05) is 0 Å². The lowest BCUT2D eigenvalue weighted by Crippen LogP contribution is -1.74. The Morgan fingerprint density at radius 2 is 1.75 bits per heavy atom. The molecule has 0 fully saturated rings. The van der Waals surface area contributed by atoms with E-state index in [-0.39, 0.29) is 12.4 Å². The number of halogens is 1. The van der Waals surface area contributed by atoms with Gasteiger partial charge in [0.2, 0.25) is 0 Å². The largest absolute Gasteiger partial charge is 0.179 e. The van der Waals surface area contributed by atoms with Crippen LogP contribution in [0.3, 0.4) is 0 Å². The van der Waals surface area contributed by atoms with E-state index in [0.29, 0.717) is 0 Å². The van der Waals surface area contributed by atoms with Gasteiger partial charge in [-0.2, -0.15) is 12.6 Å². The molecule has 52 valence electrons. The van der Waals surface area contributed by atoms with Crippen LogP contribution < -0.4 is 0 Å². The van der Waals surface area contributed by atoms with E-state index in [9.17, 15) is 0 Å². The van der Waals surface area contributed by atoms with Crippen molar-refractivity contribution >= 4 is 25.0 Å². The number of unbranched alkanes of at least 4 members (excludes halogenated alkanes) is 3. The normalized spacial score (nSPS) is 8.25. The van der Waals surface area contributed by atoms with Gasteiger partial charge in [-0.05, 0) is 12.2 Å². The van der Waals surface area contributed by atoms with E-state index >= 15 is 0 Å². The fraction of sp³-hybridized carbons (Fsp3) is 1.00. The molecule has 0 N–H and O–H groups in total. The summed E-state index contributed by atoms with van der Waals surface area (Å²) in [4.78, 5) is 0. The van der Waals surface area contributed by atoms with Gasteiger partial charge in [0.05, 0.1) is 0 Å². The van der Waals surface area contributed by atoms with Crippen LogP contribution in [0, 0.1) is 0 Å². The molecule has 0 aliphatic rings. The number of hydrogen-bond donors (Lipinski definition) is 1. The van der Waals surface area contributed by atoms with Gasteiger partial charge >= 0.3 is 0 Å². The van der Waals surface area contributed by atoms with Crippen molar-refractivity contribution in [2.24, 2.45) is 0 Å². The van der Waals surface area contributed by atoms with E-state index in [0.717, 1.165) is 5.75 Å². The molecule has 0 radical (unpaired) electrons. The summed E-state index contributed by atoms with van der Waals surface area (Å²) < 4.78 is 0. The van der Waals surface area contributed by atoms with Crippen molar-refractivity contribution in [3.8, 4) is 0 Å². The van der Waals surface area contributed by atoms with Crippen LogP contribution in [0.2, 0.25) is 0 Å². The quantitative estimate of drug-likeness (QED) is 0.467. The summed E-state index contributed by atoms with van der Waals surface area (Å²) in [7, 11) is 0. The van der Waals surface area contributed by atoms with Crippen molar-refractivity contribution in [2.75, 3.05) is 5.75 Å². The van der Waals surface area contributed by atoms with E-state index in [2.05, 4.69) is 19.6 Å². The average Bonchev–Trinajstić information content (AvgIpc) is 1.69. The third kappa shape index (κ3) is 9.81. The molecule has 0 heterocycles. The predicted octanol–water partition coefficient (Wildman–Crippen LogP) is 2.92. The van der Waals surface area contributed by atoms with Crippen LogP contribution in [-0.4, -0.2) is 5.75 Å². The molecular weight excluding hydrogens is 140 g/mol. The van der Waals surface area contributed by atoms with Gasteiger partial charge < -0.3 is 0 Å². The van der Waals surface area contributed by atoms with Crippen molar-refractivity contribution in [1.82, 2.24) is 0 Å². The minimum atomic E-state index is 0. The Morgan fingerprint density at radius 3 is 2.12 bits per heavy atom. The summed E-state index contributed by atoms with van der Waals surface area (Å²) in [6.07, 6.45) is 5.35. The molecule has 0 aromatic carbocycles. The molecule has 0 unspecified atom stereocenters. The van der Waals surface area contributed by atoms with Crippen molar-refractivity contribution in [3.63, 3.8) is 0 Å². The molecule has 2 heteroatoms. The Kier molecular flexibility index (Phi) is 15.1. The van der Waals surface area contributed by atoms with Crippen molar-refractivity contribution < 1.29 is 0 Å². The zero-order valence-corrected chi connectivity index (χ0v) is 7.10. The van der Waals surface area contributed by atoms with Gasteiger partial charge in [0.15, 0.2) is 0 Å². The van der Waals surface area contributed by atoms with Crippen LogP contribution in [0.25, 0.3) is 0 Å². The Bertz CT molecular complexity index is 27.7. The maximum atomic E-state index is 4.09. The van der Waals surface area contributed by atoms with Crippen LogP contribution in [0.15, 0.2) is 0 Å². The van der Waals surface area contributed by atoms with Crippen LogP contribution in [-0.2, 0) is 0 Å². The minimum Gasteiger partial charge on any atom is -0.179 e. The highest BCUT2D eigenvalue weighted by Gasteiger charge is 1.80. The topological polar surface area (TPSA) is 0 Å². The van der Waals surface area contributed by atoms with Gasteiger partial charge in [-0.1, -0.05) is 26.2 Å². The third-order valence-electron chi connectivity index (χ3n) is 1.01. The first-order chi connectivity index (χ1) is 3.41. The second-order valence-corrected chi connectivity index (χ2v) is 2.23. The van der Waals surface area contributed by atoms with Gasteiger partial charge in [-0.15, -0.1) is 12.4 Å². The van der Waals surface area contributed by atoms with E-state index in [4.69, 9.17) is 0 Å². The SMILES string of the molecule is CCCCCCS.Cl. The summed E-state index contributed by atoms with van der Waals surface area (Å²) in [6.45, 7) is 2.22. The highest BCUT2D eigenvalue weighted by atomic mass is 35.5. The zero-order valence-electron chi connectivity index (χ0n) is 5.39. The number of hydrogen-bond acceptors (Lipinski definition) is 1. The van der Waals surface area contributed by atoms with Gasteiger partial charge in [0.1, 0.15) is 0 Å². The first-order valence-electron chi connectivity index (χ1n) is 3.02. The van der Waals surface area contributed by atoms with Gasteiger partial charge in [-0.3, -0.25) is 0 Å². The molecule has 0 aliphatic carbocycles. The van der Waals surface area contributed by atoms with E-state index in [1.54, 1.807) is 0 Å². The molecular formula is C6H15ClS. The molecule has 0 aromatic rings. The first kappa shape index (κ1) is 11.4. The molecule has 0 saturated heterocycles. The standard InChI is InChI=1S/C6H14S.ClH/c1-2-3-4-5-6-7;/h7H,2-6H2,1H3;1H. The highest BCUT2D eigenvalue weighted by Crippen LogP contribution is 1.98. The first-order valence-corrected chi connectivity index (χ1v) is 3.66. The highest BCUT2D eigenvalue weighted by molar-refractivity contribution is 7.80. The summed E-state index contributed by atoms with van der Waals surface area (Å²) in [5.41, 5.74) is 0. The number of thiol groups is 1. The molecule has 0 atom stereocenters. The summed E-state index contributed by atoms with van der Waals surface area (Å²) in [5.74, 6) is 1.06. The lowest BCUT2D eigenvalue weighted by Gasteiger charge is -1.90. The maximum absolute atomic E-state index is 4.09. The van der Waals surface area contributed by atoms with Crippen LogP contribution in [0.5, 0.6) is 0 Å². The van der Waals surface area contributed by atoms with Crippen molar-refractivity contribution in [2.45, 2.75) is 32.6 Å². The molecule has 0 nitrogen and oxygen atoms in total. The van der Waals surface area contributed by atoms with Gasteiger partial charge in [0, 0.05) is 0 Å². The van der Waals surface area contributed by atoms with Gasteiger partial charge in [-0.25, -0.2) is 0 Å². The predicted molar refractivity (Wildman–Crippen MR) is 45.2 cm³/mol. The molecule has 8 heavy (non-hydrogen) atoms.